The third kappa shape index (κ3) is 3.05. The highest BCUT2D eigenvalue weighted by molar-refractivity contribution is 5.87. The van der Waals surface area contributed by atoms with E-state index in [1.54, 1.807) is 6.07 Å². The van der Waals surface area contributed by atoms with Gasteiger partial charge in [-0.05, 0) is 38.5 Å². The molecule has 1 heterocycles. The normalized spacial score (nSPS) is 10.5. The van der Waals surface area contributed by atoms with Gasteiger partial charge in [0.1, 0.15) is 12.3 Å². The molecule has 0 saturated carbocycles. The Labute approximate surface area is 113 Å². The minimum absolute atomic E-state index is 0.283. The van der Waals surface area contributed by atoms with Gasteiger partial charge in [0.25, 0.3) is 0 Å². The molecule has 0 spiro atoms. The zero-order valence-electron chi connectivity index (χ0n) is 11.9. The van der Waals surface area contributed by atoms with Crippen molar-refractivity contribution in [2.45, 2.75) is 27.4 Å². The molecule has 0 aliphatic carbocycles. The van der Waals surface area contributed by atoms with Gasteiger partial charge in [-0.15, -0.1) is 0 Å². The Morgan fingerprint density at radius 2 is 1.74 bits per heavy atom. The molecule has 0 bridgehead atoms. The number of aromatic nitrogens is 1. The monoisotopic (exact) mass is 257 g/mol. The first-order valence-electron chi connectivity index (χ1n) is 6.34. The fourth-order valence-electron chi connectivity index (χ4n) is 2.19. The van der Waals surface area contributed by atoms with Gasteiger partial charge < -0.3 is 9.30 Å². The van der Waals surface area contributed by atoms with Crippen molar-refractivity contribution in [3.63, 3.8) is 0 Å². The van der Waals surface area contributed by atoms with Gasteiger partial charge in [-0.3, -0.25) is 0 Å². The lowest BCUT2D eigenvalue weighted by atomic mass is 10.1. The molecule has 2 aromatic rings. The predicted octanol–water partition coefficient (Wildman–Crippen LogP) is 3.31. The quantitative estimate of drug-likeness (QED) is 0.790. The minimum atomic E-state index is -0.283. The maximum Gasteiger partial charge on any atom is 0.355 e. The third-order valence-corrected chi connectivity index (χ3v) is 3.23. The standard InChI is InChI=1S/C16H19NO2/c1-11-7-12(2)9-14(8-11)10-19-16(18)15-6-5-13(3)17(15)4/h5-9H,10H2,1-4H3. The van der Waals surface area contributed by atoms with Gasteiger partial charge in [0, 0.05) is 12.7 Å². The summed E-state index contributed by atoms with van der Waals surface area (Å²) >= 11 is 0. The second-order valence-electron chi connectivity index (χ2n) is 4.99. The molecular formula is C16H19NO2. The van der Waals surface area contributed by atoms with Gasteiger partial charge in [0.15, 0.2) is 0 Å². The summed E-state index contributed by atoms with van der Waals surface area (Å²) in [7, 11) is 1.86. The van der Waals surface area contributed by atoms with E-state index in [0.29, 0.717) is 12.3 Å². The van der Waals surface area contributed by atoms with E-state index in [9.17, 15) is 4.79 Å². The van der Waals surface area contributed by atoms with Crippen LogP contribution in [0.4, 0.5) is 0 Å². The van der Waals surface area contributed by atoms with E-state index in [-0.39, 0.29) is 5.97 Å². The second-order valence-corrected chi connectivity index (χ2v) is 4.99. The van der Waals surface area contributed by atoms with Crippen LogP contribution in [0.3, 0.4) is 0 Å². The summed E-state index contributed by atoms with van der Waals surface area (Å²) in [6, 6.07) is 9.88. The molecule has 2 rings (SSSR count). The number of rotatable bonds is 3. The number of nitrogens with zero attached hydrogens (tertiary/aromatic N) is 1. The summed E-state index contributed by atoms with van der Waals surface area (Å²) in [5.41, 5.74) is 5.01. The van der Waals surface area contributed by atoms with Crippen molar-refractivity contribution in [3.05, 3.63) is 58.4 Å². The van der Waals surface area contributed by atoms with Crippen LogP contribution in [0, 0.1) is 20.8 Å². The van der Waals surface area contributed by atoms with Crippen LogP contribution < -0.4 is 0 Å². The number of carbonyl (C=O) groups is 1. The Morgan fingerprint density at radius 3 is 2.26 bits per heavy atom. The van der Waals surface area contributed by atoms with E-state index >= 15 is 0 Å². The van der Waals surface area contributed by atoms with Crippen molar-refractivity contribution >= 4 is 5.97 Å². The van der Waals surface area contributed by atoms with Crippen molar-refractivity contribution in [1.82, 2.24) is 4.57 Å². The van der Waals surface area contributed by atoms with Crippen LogP contribution in [0.15, 0.2) is 30.3 Å². The molecule has 0 saturated heterocycles. The van der Waals surface area contributed by atoms with Gasteiger partial charge in [-0.1, -0.05) is 29.3 Å². The van der Waals surface area contributed by atoms with Crippen LogP contribution in [0.2, 0.25) is 0 Å². The zero-order valence-corrected chi connectivity index (χ0v) is 11.9. The summed E-state index contributed by atoms with van der Waals surface area (Å²) in [4.78, 5) is 12.0. The molecule has 1 aromatic heterocycles. The van der Waals surface area contributed by atoms with Crippen LogP contribution in [-0.2, 0) is 18.4 Å². The highest BCUT2D eigenvalue weighted by Crippen LogP contribution is 2.12. The molecule has 0 atom stereocenters. The molecule has 1 aromatic carbocycles. The molecule has 0 aliphatic rings. The lowest BCUT2D eigenvalue weighted by Gasteiger charge is -2.08. The topological polar surface area (TPSA) is 31.2 Å². The highest BCUT2D eigenvalue weighted by Gasteiger charge is 2.12. The molecule has 100 valence electrons. The van der Waals surface area contributed by atoms with E-state index < -0.39 is 0 Å². The first-order chi connectivity index (χ1) is 8.97. The van der Waals surface area contributed by atoms with E-state index in [2.05, 4.69) is 6.07 Å². The highest BCUT2D eigenvalue weighted by atomic mass is 16.5. The van der Waals surface area contributed by atoms with Crippen LogP contribution in [0.5, 0.6) is 0 Å². The smallest absolute Gasteiger partial charge is 0.355 e. The van der Waals surface area contributed by atoms with Gasteiger partial charge in [-0.2, -0.15) is 0 Å². The Morgan fingerprint density at radius 1 is 1.11 bits per heavy atom. The molecule has 3 nitrogen and oxygen atoms in total. The van der Waals surface area contributed by atoms with Crippen LogP contribution >= 0.6 is 0 Å². The van der Waals surface area contributed by atoms with Gasteiger partial charge in [0.05, 0.1) is 0 Å². The Hall–Kier alpha value is -2.03. The number of aryl methyl sites for hydroxylation is 3. The summed E-state index contributed by atoms with van der Waals surface area (Å²) in [5.74, 6) is -0.283. The summed E-state index contributed by atoms with van der Waals surface area (Å²) in [5, 5.41) is 0. The third-order valence-electron chi connectivity index (χ3n) is 3.23. The number of esters is 1. The molecule has 0 aliphatic heterocycles. The largest absolute Gasteiger partial charge is 0.456 e. The van der Waals surface area contributed by atoms with Crippen molar-refractivity contribution in [1.29, 1.82) is 0 Å². The van der Waals surface area contributed by atoms with Crippen molar-refractivity contribution in [3.8, 4) is 0 Å². The number of hydrogen-bond acceptors (Lipinski definition) is 2. The van der Waals surface area contributed by atoms with Crippen LogP contribution in [-0.4, -0.2) is 10.5 Å². The number of ether oxygens (including phenoxy) is 1. The summed E-state index contributed by atoms with van der Waals surface area (Å²) in [6.07, 6.45) is 0. The van der Waals surface area contributed by atoms with E-state index in [1.165, 1.54) is 11.1 Å². The summed E-state index contributed by atoms with van der Waals surface area (Å²) in [6.45, 7) is 6.35. The van der Waals surface area contributed by atoms with Crippen molar-refractivity contribution in [2.75, 3.05) is 0 Å². The number of hydrogen-bond donors (Lipinski definition) is 0. The van der Waals surface area contributed by atoms with E-state index in [1.807, 2.05) is 50.6 Å². The Bertz CT molecular complexity index is 591. The van der Waals surface area contributed by atoms with Gasteiger partial charge in [0.2, 0.25) is 0 Å². The molecule has 0 N–H and O–H groups in total. The lowest BCUT2D eigenvalue weighted by molar-refractivity contribution is 0.0461. The van der Waals surface area contributed by atoms with Crippen molar-refractivity contribution < 1.29 is 9.53 Å². The Kier molecular flexibility index (Phi) is 3.74. The van der Waals surface area contributed by atoms with Crippen LogP contribution in [0.1, 0.15) is 32.9 Å². The SMILES string of the molecule is Cc1cc(C)cc(COC(=O)c2ccc(C)n2C)c1. The van der Waals surface area contributed by atoms with Crippen LogP contribution in [0.25, 0.3) is 0 Å². The van der Waals surface area contributed by atoms with Gasteiger partial charge >= 0.3 is 5.97 Å². The first kappa shape index (κ1) is 13.4. The maximum atomic E-state index is 12.0. The average Bonchev–Trinajstić information content (AvgIpc) is 2.66. The molecule has 0 radical (unpaired) electrons. The minimum Gasteiger partial charge on any atom is -0.456 e. The molecule has 0 unspecified atom stereocenters. The molecule has 0 fully saturated rings. The second kappa shape index (κ2) is 5.31. The molecule has 0 amide bonds. The van der Waals surface area contributed by atoms with Gasteiger partial charge in [-0.25, -0.2) is 4.79 Å². The van der Waals surface area contributed by atoms with E-state index in [0.717, 1.165) is 11.3 Å². The maximum absolute atomic E-state index is 12.0. The first-order valence-corrected chi connectivity index (χ1v) is 6.34. The predicted molar refractivity (Wildman–Crippen MR) is 75.2 cm³/mol. The molecule has 3 heteroatoms. The Balaban J connectivity index is 2.06. The fourth-order valence-corrected chi connectivity index (χ4v) is 2.19. The van der Waals surface area contributed by atoms with Crippen molar-refractivity contribution in [2.24, 2.45) is 7.05 Å². The number of carbonyl (C=O) groups excluding carboxylic acids is 1. The fraction of sp³-hybridized carbons (Fsp3) is 0.312. The lowest BCUT2D eigenvalue weighted by Crippen LogP contribution is -2.10. The number of benzene rings is 1. The zero-order chi connectivity index (χ0) is 14.0. The van der Waals surface area contributed by atoms with E-state index in [4.69, 9.17) is 4.74 Å². The summed E-state index contributed by atoms with van der Waals surface area (Å²) < 4.78 is 7.20. The molecular weight excluding hydrogens is 238 g/mol. The average molecular weight is 257 g/mol. The molecule has 19 heavy (non-hydrogen) atoms.